The van der Waals surface area contributed by atoms with Gasteiger partial charge in [-0.2, -0.15) is 0 Å². The molecule has 1 unspecified atom stereocenters. The minimum atomic E-state index is -1.03. The van der Waals surface area contributed by atoms with Gasteiger partial charge in [0.25, 0.3) is 0 Å². The van der Waals surface area contributed by atoms with Gasteiger partial charge in [-0.3, -0.25) is 4.79 Å². The number of amides is 3. The maximum Gasteiger partial charge on any atom is 0.327 e. The first-order valence-electron chi connectivity index (χ1n) is 9.01. The molecule has 148 valence electrons. The summed E-state index contributed by atoms with van der Waals surface area (Å²) in [5, 5.41) is 12.0. The Kier molecular flexibility index (Phi) is 7.12. The highest BCUT2D eigenvalue weighted by Crippen LogP contribution is 2.42. The van der Waals surface area contributed by atoms with Gasteiger partial charge in [0, 0.05) is 19.3 Å². The molecule has 0 radical (unpaired) electrons. The number of nitrogens with zero attached hydrogens (tertiary/aromatic N) is 2. The third kappa shape index (κ3) is 4.74. The first-order chi connectivity index (χ1) is 12.8. The molecule has 8 heteroatoms. The number of hydrogen-bond donors (Lipinski definition) is 2. The third-order valence-corrected chi connectivity index (χ3v) is 5.98. The van der Waals surface area contributed by atoms with E-state index < -0.39 is 18.1 Å². The molecule has 3 atom stereocenters. The van der Waals surface area contributed by atoms with Crippen LogP contribution in [0.25, 0.3) is 0 Å². The second kappa shape index (κ2) is 9.12. The number of benzene rings is 1. The molecule has 0 spiro atoms. The lowest BCUT2D eigenvalue weighted by atomic mass is 10.0. The minimum Gasteiger partial charge on any atom is -0.480 e. The molecule has 1 aliphatic heterocycles. The summed E-state index contributed by atoms with van der Waals surface area (Å²) in [5.41, 5.74) is 0.874. The summed E-state index contributed by atoms with van der Waals surface area (Å²) in [6.45, 7) is 6.03. The molecule has 2 rings (SSSR count). The summed E-state index contributed by atoms with van der Waals surface area (Å²) >= 11 is 1.43. The molecule has 0 aromatic heterocycles. The van der Waals surface area contributed by atoms with Crippen LogP contribution in [0.5, 0.6) is 0 Å². The highest BCUT2D eigenvalue weighted by Gasteiger charge is 2.45. The van der Waals surface area contributed by atoms with Gasteiger partial charge in [0.1, 0.15) is 17.5 Å². The van der Waals surface area contributed by atoms with E-state index in [2.05, 4.69) is 5.32 Å². The van der Waals surface area contributed by atoms with Crippen LogP contribution in [0, 0.1) is 5.92 Å². The fourth-order valence-electron chi connectivity index (χ4n) is 2.90. The Morgan fingerprint density at radius 3 is 2.44 bits per heavy atom. The molecule has 1 aromatic rings. The molecule has 7 nitrogen and oxygen atoms in total. The molecule has 1 saturated heterocycles. The van der Waals surface area contributed by atoms with Crippen LogP contribution < -0.4 is 5.32 Å². The number of carbonyl (C=O) groups excluding carboxylic acids is 2. The van der Waals surface area contributed by atoms with Crippen molar-refractivity contribution in [2.24, 2.45) is 5.92 Å². The second-order valence-corrected chi connectivity index (χ2v) is 7.99. The van der Waals surface area contributed by atoms with Crippen LogP contribution in [0.4, 0.5) is 4.79 Å². The van der Waals surface area contributed by atoms with Crippen molar-refractivity contribution in [1.29, 1.82) is 0 Å². The molecule has 1 aromatic carbocycles. The van der Waals surface area contributed by atoms with Gasteiger partial charge in [-0.05, 0) is 18.4 Å². The quantitative estimate of drug-likeness (QED) is 0.775. The summed E-state index contributed by atoms with van der Waals surface area (Å²) in [5.74, 6) is -1.26. The Labute approximate surface area is 164 Å². The standard InChI is InChI=1S/C19H27N3O4S/c1-5-21(4)19(26)20-15(12(2)3)16(23)22-14(18(24)25)11-27-17(22)13-9-7-6-8-10-13/h6-10,12,14-15,17H,5,11H2,1-4H3,(H,20,26)(H,24,25)/t14-,15-,17?/m0/s1. The molecular weight excluding hydrogens is 366 g/mol. The fraction of sp³-hybridized carbons (Fsp3) is 0.526. The van der Waals surface area contributed by atoms with Crippen LogP contribution in [0.1, 0.15) is 31.7 Å². The lowest BCUT2D eigenvalue weighted by Crippen LogP contribution is -2.56. The number of thioether (sulfide) groups is 1. The van der Waals surface area contributed by atoms with Crippen LogP contribution in [-0.2, 0) is 9.59 Å². The zero-order valence-corrected chi connectivity index (χ0v) is 16.9. The largest absolute Gasteiger partial charge is 0.480 e. The number of aliphatic carboxylic acids is 1. The van der Waals surface area contributed by atoms with Crippen LogP contribution >= 0.6 is 11.8 Å². The van der Waals surface area contributed by atoms with Crippen molar-refractivity contribution in [2.75, 3.05) is 19.3 Å². The third-order valence-electron chi connectivity index (χ3n) is 4.66. The summed E-state index contributed by atoms with van der Waals surface area (Å²) in [7, 11) is 1.65. The normalized spacial score (nSPS) is 20.4. The van der Waals surface area contributed by atoms with Crippen molar-refractivity contribution in [3.05, 3.63) is 35.9 Å². The van der Waals surface area contributed by atoms with Gasteiger partial charge in [-0.15, -0.1) is 11.8 Å². The maximum atomic E-state index is 13.3. The van der Waals surface area contributed by atoms with Crippen molar-refractivity contribution >= 4 is 29.7 Å². The first-order valence-corrected chi connectivity index (χ1v) is 10.1. The van der Waals surface area contributed by atoms with Gasteiger partial charge in [-0.25, -0.2) is 9.59 Å². The number of nitrogens with one attached hydrogen (secondary N) is 1. The van der Waals surface area contributed by atoms with Gasteiger partial charge < -0.3 is 20.2 Å². The highest BCUT2D eigenvalue weighted by molar-refractivity contribution is 7.99. The van der Waals surface area contributed by atoms with Crippen LogP contribution in [0.2, 0.25) is 0 Å². The average molecular weight is 394 g/mol. The van der Waals surface area contributed by atoms with Crippen LogP contribution in [0.15, 0.2) is 30.3 Å². The summed E-state index contributed by atoms with van der Waals surface area (Å²) in [4.78, 5) is 40.3. The summed E-state index contributed by atoms with van der Waals surface area (Å²) in [6.07, 6.45) is 0. The molecule has 3 amide bonds. The fourth-order valence-corrected chi connectivity index (χ4v) is 4.33. The van der Waals surface area contributed by atoms with E-state index in [4.69, 9.17) is 0 Å². The van der Waals surface area contributed by atoms with Crippen molar-refractivity contribution in [1.82, 2.24) is 15.1 Å². The Morgan fingerprint density at radius 1 is 1.30 bits per heavy atom. The van der Waals surface area contributed by atoms with E-state index in [-0.39, 0.29) is 23.2 Å². The van der Waals surface area contributed by atoms with Crippen molar-refractivity contribution < 1.29 is 19.5 Å². The van der Waals surface area contributed by atoms with Crippen molar-refractivity contribution in [3.8, 4) is 0 Å². The Morgan fingerprint density at radius 2 is 1.93 bits per heavy atom. The number of carboxylic acids is 1. The number of carbonyl (C=O) groups is 3. The minimum absolute atomic E-state index is 0.178. The van der Waals surface area contributed by atoms with E-state index in [9.17, 15) is 19.5 Å². The number of urea groups is 1. The summed E-state index contributed by atoms with van der Waals surface area (Å²) < 4.78 is 0. The molecule has 1 heterocycles. The molecule has 1 aliphatic rings. The molecule has 0 bridgehead atoms. The van der Waals surface area contributed by atoms with Crippen LogP contribution in [0.3, 0.4) is 0 Å². The molecule has 2 N–H and O–H groups in total. The highest BCUT2D eigenvalue weighted by atomic mass is 32.2. The molecule has 1 fully saturated rings. The second-order valence-electron chi connectivity index (χ2n) is 6.88. The lowest BCUT2D eigenvalue weighted by molar-refractivity contribution is -0.150. The van der Waals surface area contributed by atoms with Gasteiger partial charge in [0.15, 0.2) is 0 Å². The average Bonchev–Trinajstić information content (AvgIpc) is 3.10. The molecule has 0 aliphatic carbocycles. The Balaban J connectivity index is 2.33. The van der Waals surface area contributed by atoms with Gasteiger partial charge in [0.05, 0.1) is 0 Å². The first kappa shape index (κ1) is 21.1. The molecular formula is C19H27N3O4S. The van der Waals surface area contributed by atoms with E-state index in [1.165, 1.54) is 21.6 Å². The Hall–Kier alpha value is -2.22. The van der Waals surface area contributed by atoms with E-state index >= 15 is 0 Å². The summed E-state index contributed by atoms with van der Waals surface area (Å²) in [6, 6.07) is 7.32. The van der Waals surface area contributed by atoms with Crippen molar-refractivity contribution in [2.45, 2.75) is 38.2 Å². The van der Waals surface area contributed by atoms with E-state index in [0.717, 1.165) is 5.56 Å². The predicted octanol–water partition coefficient (Wildman–Crippen LogP) is 2.40. The molecule has 0 saturated carbocycles. The topological polar surface area (TPSA) is 90.0 Å². The zero-order chi connectivity index (χ0) is 20.1. The van der Waals surface area contributed by atoms with Crippen molar-refractivity contribution in [3.63, 3.8) is 0 Å². The maximum absolute atomic E-state index is 13.3. The smallest absolute Gasteiger partial charge is 0.327 e. The SMILES string of the molecule is CCN(C)C(=O)N[C@H](C(=O)N1C(c2ccccc2)SC[C@H]1C(=O)O)C(C)C. The molecule has 27 heavy (non-hydrogen) atoms. The van der Waals surface area contributed by atoms with E-state index in [1.54, 1.807) is 7.05 Å². The van der Waals surface area contributed by atoms with Gasteiger partial charge in [-0.1, -0.05) is 44.2 Å². The zero-order valence-electron chi connectivity index (χ0n) is 16.1. The van der Waals surface area contributed by atoms with Crippen LogP contribution in [-0.4, -0.2) is 64.2 Å². The van der Waals surface area contributed by atoms with Gasteiger partial charge >= 0.3 is 12.0 Å². The van der Waals surface area contributed by atoms with E-state index in [1.807, 2.05) is 51.1 Å². The number of hydrogen-bond acceptors (Lipinski definition) is 4. The monoisotopic (exact) mass is 393 g/mol. The predicted molar refractivity (Wildman–Crippen MR) is 105 cm³/mol. The number of carboxylic acid groups (broad SMARTS) is 1. The van der Waals surface area contributed by atoms with E-state index in [0.29, 0.717) is 12.3 Å². The van der Waals surface area contributed by atoms with Gasteiger partial charge in [0.2, 0.25) is 5.91 Å². The number of rotatable bonds is 6. The lowest BCUT2D eigenvalue weighted by Gasteiger charge is -2.33. The Bertz CT molecular complexity index is 683.